The fourth-order valence-corrected chi connectivity index (χ4v) is 4.71. The summed E-state index contributed by atoms with van der Waals surface area (Å²) in [4.78, 5) is 0. The Morgan fingerprint density at radius 2 is 1.84 bits per heavy atom. The lowest BCUT2D eigenvalue weighted by molar-refractivity contribution is 0.0530. The van der Waals surface area contributed by atoms with Crippen molar-refractivity contribution in [3.63, 3.8) is 0 Å². The molecule has 1 aliphatic rings. The van der Waals surface area contributed by atoms with Crippen LogP contribution in [-0.4, -0.2) is 26.1 Å². The smallest absolute Gasteiger partial charge is 0.123 e. The number of halogens is 1. The van der Waals surface area contributed by atoms with E-state index in [-0.39, 0.29) is 17.8 Å². The maximum Gasteiger partial charge on any atom is 0.123 e. The van der Waals surface area contributed by atoms with Crippen LogP contribution in [0.5, 0.6) is 0 Å². The first kappa shape index (κ1) is 21.5. The molecule has 162 valence electrons. The summed E-state index contributed by atoms with van der Waals surface area (Å²) in [6, 6.07) is 14.2. The van der Waals surface area contributed by atoms with E-state index in [0.29, 0.717) is 19.3 Å². The lowest BCUT2D eigenvalue weighted by atomic mass is 9.67. The molecule has 5 heteroatoms. The molecule has 4 nitrogen and oxygen atoms in total. The fraction of sp³-hybridized carbons (Fsp3) is 0.346. The summed E-state index contributed by atoms with van der Waals surface area (Å²) in [5.74, 6) is -0.270. The monoisotopic (exact) mass is 420 g/mol. The van der Waals surface area contributed by atoms with Crippen LogP contribution in [0.1, 0.15) is 49.1 Å². The number of aromatic nitrogens is 2. The van der Waals surface area contributed by atoms with Crippen LogP contribution in [-0.2, 0) is 19.4 Å². The lowest BCUT2D eigenvalue weighted by Crippen LogP contribution is -2.38. The summed E-state index contributed by atoms with van der Waals surface area (Å²) >= 11 is 0. The van der Waals surface area contributed by atoms with Crippen LogP contribution >= 0.6 is 0 Å². The summed E-state index contributed by atoms with van der Waals surface area (Å²) < 4.78 is 15.2. The predicted octanol–water partition coefficient (Wildman–Crippen LogP) is 4.85. The summed E-state index contributed by atoms with van der Waals surface area (Å²) in [5, 5.41) is 25.4. The van der Waals surface area contributed by atoms with Crippen LogP contribution in [0.25, 0.3) is 11.8 Å². The zero-order chi connectivity index (χ0) is 22.0. The molecule has 0 amide bonds. The Morgan fingerprint density at radius 3 is 2.52 bits per heavy atom. The standard InChI is InChI=1S/C26H29FN2O2/c1-3-21-14-24-20(16-28-29(24)23-11-9-22(27)10-12-23)15-26(21,2)25(31)13-8-18-6-4-5-7-19(18)17-30/h4-7,9-12,14,16,25,30-31H,3,8,13,15,17H2,1-2H3/t25-,26?/m0/s1. The van der Waals surface area contributed by atoms with Gasteiger partial charge in [-0.15, -0.1) is 0 Å². The van der Waals surface area contributed by atoms with Gasteiger partial charge in [0.05, 0.1) is 30.3 Å². The van der Waals surface area contributed by atoms with E-state index >= 15 is 0 Å². The van der Waals surface area contributed by atoms with Crippen LogP contribution < -0.4 is 0 Å². The van der Waals surface area contributed by atoms with Crippen molar-refractivity contribution in [3.05, 3.63) is 88.5 Å². The van der Waals surface area contributed by atoms with Crippen LogP contribution in [0.2, 0.25) is 0 Å². The Kier molecular flexibility index (Phi) is 6.08. The molecular weight excluding hydrogens is 391 g/mol. The van der Waals surface area contributed by atoms with Gasteiger partial charge in [-0.05, 0) is 72.7 Å². The minimum absolute atomic E-state index is 0.00950. The van der Waals surface area contributed by atoms with E-state index in [0.717, 1.165) is 34.5 Å². The first-order valence-corrected chi connectivity index (χ1v) is 10.9. The van der Waals surface area contributed by atoms with Gasteiger partial charge in [0.15, 0.2) is 0 Å². The van der Waals surface area contributed by atoms with E-state index in [1.54, 1.807) is 12.1 Å². The molecule has 0 spiro atoms. The molecular formula is C26H29FN2O2. The van der Waals surface area contributed by atoms with Crippen LogP contribution in [0, 0.1) is 11.2 Å². The van der Waals surface area contributed by atoms with Gasteiger partial charge in [-0.3, -0.25) is 0 Å². The Balaban J connectivity index is 1.59. The number of nitrogens with zero attached hydrogens (tertiary/aromatic N) is 2. The third kappa shape index (κ3) is 4.08. The van der Waals surface area contributed by atoms with Gasteiger partial charge in [0.1, 0.15) is 5.82 Å². The molecule has 1 unspecified atom stereocenters. The zero-order valence-electron chi connectivity index (χ0n) is 18.1. The van der Waals surface area contributed by atoms with E-state index in [2.05, 4.69) is 25.0 Å². The lowest BCUT2D eigenvalue weighted by Gasteiger charge is -2.39. The molecule has 0 bridgehead atoms. The van der Waals surface area contributed by atoms with Crippen molar-refractivity contribution in [1.82, 2.24) is 9.78 Å². The van der Waals surface area contributed by atoms with E-state index in [1.165, 1.54) is 17.7 Å². The summed E-state index contributed by atoms with van der Waals surface area (Å²) in [7, 11) is 0. The molecule has 4 rings (SSSR count). The minimum Gasteiger partial charge on any atom is -0.392 e. The van der Waals surface area contributed by atoms with Gasteiger partial charge in [-0.1, -0.05) is 43.7 Å². The highest BCUT2D eigenvalue weighted by Gasteiger charge is 2.39. The van der Waals surface area contributed by atoms with E-state index in [9.17, 15) is 14.6 Å². The molecule has 0 radical (unpaired) electrons. The Hall–Kier alpha value is -2.76. The van der Waals surface area contributed by atoms with Gasteiger partial charge in [-0.2, -0.15) is 5.10 Å². The molecule has 0 aliphatic heterocycles. The molecule has 1 aliphatic carbocycles. The molecule has 0 fully saturated rings. The third-order valence-corrected chi connectivity index (χ3v) is 6.65. The second-order valence-electron chi connectivity index (χ2n) is 8.54. The SMILES string of the molecule is CCC1=Cc2c(cnn2-c2ccc(F)cc2)CC1(C)[C@@H](O)CCc1ccccc1CO. The van der Waals surface area contributed by atoms with Crippen molar-refractivity contribution in [3.8, 4) is 5.69 Å². The average Bonchev–Trinajstić information content (AvgIpc) is 3.19. The zero-order valence-corrected chi connectivity index (χ0v) is 18.1. The average molecular weight is 421 g/mol. The Bertz CT molecular complexity index is 1090. The summed E-state index contributed by atoms with van der Waals surface area (Å²) in [6.45, 7) is 4.25. The molecule has 0 saturated carbocycles. The highest BCUT2D eigenvalue weighted by molar-refractivity contribution is 5.61. The molecule has 2 N–H and O–H groups in total. The van der Waals surface area contributed by atoms with Gasteiger partial charge < -0.3 is 10.2 Å². The number of aliphatic hydroxyl groups is 2. The quantitative estimate of drug-likeness (QED) is 0.574. The highest BCUT2D eigenvalue weighted by Crippen LogP contribution is 2.44. The largest absolute Gasteiger partial charge is 0.392 e. The number of aliphatic hydroxyl groups excluding tert-OH is 2. The van der Waals surface area contributed by atoms with Gasteiger partial charge in [0, 0.05) is 5.41 Å². The van der Waals surface area contributed by atoms with Gasteiger partial charge in [-0.25, -0.2) is 9.07 Å². The topological polar surface area (TPSA) is 58.3 Å². The second-order valence-corrected chi connectivity index (χ2v) is 8.54. The minimum atomic E-state index is -0.521. The van der Waals surface area contributed by atoms with Crippen molar-refractivity contribution in [1.29, 1.82) is 0 Å². The number of hydrogen-bond donors (Lipinski definition) is 2. The molecule has 3 aromatic rings. The van der Waals surface area contributed by atoms with E-state index in [1.807, 2.05) is 35.1 Å². The Labute approximate surface area is 182 Å². The van der Waals surface area contributed by atoms with Crippen molar-refractivity contribution in [2.24, 2.45) is 5.41 Å². The molecule has 2 aromatic carbocycles. The number of benzene rings is 2. The highest BCUT2D eigenvalue weighted by atomic mass is 19.1. The number of rotatable bonds is 7. The summed E-state index contributed by atoms with van der Waals surface area (Å²) in [6.07, 6.45) is 6.33. The maximum absolute atomic E-state index is 13.3. The van der Waals surface area contributed by atoms with Crippen LogP contribution in [0.4, 0.5) is 4.39 Å². The van der Waals surface area contributed by atoms with Gasteiger partial charge >= 0.3 is 0 Å². The Morgan fingerprint density at radius 1 is 1.13 bits per heavy atom. The van der Waals surface area contributed by atoms with Crippen molar-refractivity contribution in [2.75, 3.05) is 0 Å². The van der Waals surface area contributed by atoms with E-state index in [4.69, 9.17) is 0 Å². The first-order valence-electron chi connectivity index (χ1n) is 10.9. The maximum atomic E-state index is 13.3. The molecule has 1 heterocycles. The predicted molar refractivity (Wildman–Crippen MR) is 120 cm³/mol. The second kappa shape index (κ2) is 8.77. The molecule has 31 heavy (non-hydrogen) atoms. The van der Waals surface area contributed by atoms with Crippen molar-refractivity contribution < 1.29 is 14.6 Å². The molecule has 2 atom stereocenters. The van der Waals surface area contributed by atoms with E-state index < -0.39 is 6.10 Å². The number of fused-ring (bicyclic) bond motifs is 1. The number of aryl methyl sites for hydroxylation is 1. The molecule has 0 saturated heterocycles. The summed E-state index contributed by atoms with van der Waals surface area (Å²) in [5.41, 5.74) is 5.70. The molecule has 1 aromatic heterocycles. The van der Waals surface area contributed by atoms with Crippen molar-refractivity contribution >= 4 is 6.08 Å². The fourth-order valence-electron chi connectivity index (χ4n) is 4.71. The first-order chi connectivity index (χ1) is 15.0. The number of hydrogen-bond acceptors (Lipinski definition) is 3. The van der Waals surface area contributed by atoms with Gasteiger partial charge in [0.2, 0.25) is 0 Å². The van der Waals surface area contributed by atoms with Gasteiger partial charge in [0.25, 0.3) is 0 Å². The normalized spacial score (nSPS) is 19.1. The van der Waals surface area contributed by atoms with Crippen LogP contribution in [0.3, 0.4) is 0 Å². The van der Waals surface area contributed by atoms with Crippen molar-refractivity contribution in [2.45, 2.75) is 52.2 Å². The van der Waals surface area contributed by atoms with Crippen LogP contribution in [0.15, 0.2) is 60.3 Å². The third-order valence-electron chi connectivity index (χ3n) is 6.65.